The van der Waals surface area contributed by atoms with Gasteiger partial charge in [0.15, 0.2) is 0 Å². The maximum atomic E-state index is 6.16. The van der Waals surface area contributed by atoms with Crippen LogP contribution in [0.3, 0.4) is 0 Å². The summed E-state index contributed by atoms with van der Waals surface area (Å²) in [5.41, 5.74) is 10.3. The molecule has 16 heavy (non-hydrogen) atoms. The standard InChI is InChI=1S/C15H25N/c1-11(2)5-8-15(16)10-14-7-6-12(3)9-13(14)4/h6-7,9,11,15H,5,8,10,16H2,1-4H3. The van der Waals surface area contributed by atoms with Gasteiger partial charge in [0.2, 0.25) is 0 Å². The Morgan fingerprint density at radius 1 is 1.12 bits per heavy atom. The molecule has 1 nitrogen and oxygen atoms in total. The summed E-state index contributed by atoms with van der Waals surface area (Å²) in [5, 5.41) is 0. The molecule has 0 aliphatic carbocycles. The molecule has 1 heteroatoms. The molecule has 0 aliphatic rings. The third kappa shape index (κ3) is 4.36. The monoisotopic (exact) mass is 219 g/mol. The van der Waals surface area contributed by atoms with Crippen LogP contribution in [0.5, 0.6) is 0 Å². The highest BCUT2D eigenvalue weighted by molar-refractivity contribution is 5.30. The Balaban J connectivity index is 2.52. The Labute approximate surface area is 100 Å². The summed E-state index contributed by atoms with van der Waals surface area (Å²) in [7, 11) is 0. The maximum absolute atomic E-state index is 6.16. The smallest absolute Gasteiger partial charge is 0.00795 e. The zero-order valence-electron chi connectivity index (χ0n) is 11.1. The lowest BCUT2D eigenvalue weighted by atomic mass is 9.95. The van der Waals surface area contributed by atoms with Crippen LogP contribution >= 0.6 is 0 Å². The summed E-state index contributed by atoms with van der Waals surface area (Å²) in [4.78, 5) is 0. The van der Waals surface area contributed by atoms with Gasteiger partial charge in [0.25, 0.3) is 0 Å². The minimum absolute atomic E-state index is 0.309. The van der Waals surface area contributed by atoms with E-state index in [-0.39, 0.29) is 0 Å². The molecule has 90 valence electrons. The van der Waals surface area contributed by atoms with E-state index in [1.54, 1.807) is 0 Å². The number of hydrogen-bond donors (Lipinski definition) is 1. The quantitative estimate of drug-likeness (QED) is 0.804. The van der Waals surface area contributed by atoms with Gasteiger partial charge in [-0.15, -0.1) is 0 Å². The first-order chi connectivity index (χ1) is 7.49. The van der Waals surface area contributed by atoms with Crippen LogP contribution in [0.15, 0.2) is 18.2 Å². The molecule has 2 N–H and O–H groups in total. The van der Waals surface area contributed by atoms with Crippen molar-refractivity contribution >= 4 is 0 Å². The summed E-state index contributed by atoms with van der Waals surface area (Å²) in [5.74, 6) is 0.755. The summed E-state index contributed by atoms with van der Waals surface area (Å²) in [6, 6.07) is 6.95. The van der Waals surface area contributed by atoms with Gasteiger partial charge in [-0.3, -0.25) is 0 Å². The van der Waals surface area contributed by atoms with Crippen molar-refractivity contribution in [3.63, 3.8) is 0 Å². The minimum atomic E-state index is 0.309. The summed E-state index contributed by atoms with van der Waals surface area (Å²) < 4.78 is 0. The van der Waals surface area contributed by atoms with Gasteiger partial charge in [0.05, 0.1) is 0 Å². The molecular weight excluding hydrogens is 194 g/mol. The van der Waals surface area contributed by atoms with E-state index in [1.165, 1.54) is 23.1 Å². The molecule has 0 radical (unpaired) electrons. The van der Waals surface area contributed by atoms with E-state index in [4.69, 9.17) is 5.73 Å². The van der Waals surface area contributed by atoms with Crippen molar-refractivity contribution in [2.45, 2.75) is 53.0 Å². The molecule has 1 aromatic rings. The van der Waals surface area contributed by atoms with Crippen LogP contribution in [0.4, 0.5) is 0 Å². The van der Waals surface area contributed by atoms with Crippen LogP contribution in [0.2, 0.25) is 0 Å². The highest BCUT2D eigenvalue weighted by Crippen LogP contribution is 2.15. The van der Waals surface area contributed by atoms with Crippen molar-refractivity contribution in [2.75, 3.05) is 0 Å². The Kier molecular flexibility index (Phi) is 5.01. The Morgan fingerprint density at radius 3 is 2.38 bits per heavy atom. The van der Waals surface area contributed by atoms with Gasteiger partial charge in [-0.25, -0.2) is 0 Å². The molecule has 0 fully saturated rings. The van der Waals surface area contributed by atoms with Crippen LogP contribution in [0.1, 0.15) is 43.4 Å². The largest absolute Gasteiger partial charge is 0.327 e. The van der Waals surface area contributed by atoms with E-state index >= 15 is 0 Å². The van der Waals surface area contributed by atoms with Gasteiger partial charge < -0.3 is 5.73 Å². The first kappa shape index (κ1) is 13.2. The molecule has 1 aromatic carbocycles. The van der Waals surface area contributed by atoms with E-state index in [9.17, 15) is 0 Å². The van der Waals surface area contributed by atoms with Crippen LogP contribution < -0.4 is 5.73 Å². The fourth-order valence-electron chi connectivity index (χ4n) is 2.01. The maximum Gasteiger partial charge on any atom is 0.00795 e. The molecule has 1 unspecified atom stereocenters. The highest BCUT2D eigenvalue weighted by atomic mass is 14.6. The average molecular weight is 219 g/mol. The van der Waals surface area contributed by atoms with E-state index in [0.717, 1.165) is 18.8 Å². The number of aryl methyl sites for hydroxylation is 2. The van der Waals surface area contributed by atoms with Crippen molar-refractivity contribution < 1.29 is 0 Å². The van der Waals surface area contributed by atoms with E-state index in [2.05, 4.69) is 45.9 Å². The average Bonchev–Trinajstić information content (AvgIpc) is 2.19. The number of hydrogen-bond acceptors (Lipinski definition) is 1. The van der Waals surface area contributed by atoms with Crippen LogP contribution in [0, 0.1) is 19.8 Å². The summed E-state index contributed by atoms with van der Waals surface area (Å²) in [6.07, 6.45) is 3.37. The lowest BCUT2D eigenvalue weighted by Crippen LogP contribution is -2.23. The molecule has 1 rings (SSSR count). The molecule has 1 atom stereocenters. The predicted molar refractivity (Wildman–Crippen MR) is 71.7 cm³/mol. The van der Waals surface area contributed by atoms with Crippen molar-refractivity contribution in [3.8, 4) is 0 Å². The molecule has 0 aromatic heterocycles. The minimum Gasteiger partial charge on any atom is -0.327 e. The highest BCUT2D eigenvalue weighted by Gasteiger charge is 2.07. The second-order valence-corrected chi connectivity index (χ2v) is 5.37. The third-order valence-electron chi connectivity index (χ3n) is 3.10. The van der Waals surface area contributed by atoms with Crippen LogP contribution in [-0.2, 0) is 6.42 Å². The van der Waals surface area contributed by atoms with Gasteiger partial charge in [-0.1, -0.05) is 37.6 Å². The Morgan fingerprint density at radius 2 is 1.81 bits per heavy atom. The molecular formula is C15H25N. The zero-order chi connectivity index (χ0) is 12.1. The number of rotatable bonds is 5. The normalized spacial score (nSPS) is 13.1. The molecule has 0 aliphatic heterocycles. The topological polar surface area (TPSA) is 26.0 Å². The molecule has 0 saturated heterocycles. The fraction of sp³-hybridized carbons (Fsp3) is 0.600. The third-order valence-corrected chi connectivity index (χ3v) is 3.10. The second kappa shape index (κ2) is 6.05. The van der Waals surface area contributed by atoms with Crippen molar-refractivity contribution in [3.05, 3.63) is 34.9 Å². The summed E-state index contributed by atoms with van der Waals surface area (Å²) >= 11 is 0. The molecule has 0 heterocycles. The van der Waals surface area contributed by atoms with E-state index < -0.39 is 0 Å². The van der Waals surface area contributed by atoms with Gasteiger partial charge in [0, 0.05) is 6.04 Å². The van der Waals surface area contributed by atoms with E-state index in [1.807, 2.05) is 0 Å². The molecule has 0 spiro atoms. The summed E-state index contributed by atoms with van der Waals surface area (Å²) in [6.45, 7) is 8.82. The molecule has 0 bridgehead atoms. The SMILES string of the molecule is Cc1ccc(CC(N)CCC(C)C)c(C)c1. The lowest BCUT2D eigenvalue weighted by Gasteiger charge is -2.15. The van der Waals surface area contributed by atoms with Crippen molar-refractivity contribution in [2.24, 2.45) is 11.7 Å². The number of benzene rings is 1. The van der Waals surface area contributed by atoms with Gasteiger partial charge >= 0.3 is 0 Å². The zero-order valence-corrected chi connectivity index (χ0v) is 11.1. The molecule has 0 amide bonds. The van der Waals surface area contributed by atoms with Gasteiger partial charge in [0.1, 0.15) is 0 Å². The van der Waals surface area contributed by atoms with Crippen molar-refractivity contribution in [1.29, 1.82) is 0 Å². The van der Waals surface area contributed by atoms with Gasteiger partial charge in [-0.05, 0) is 50.2 Å². The fourth-order valence-corrected chi connectivity index (χ4v) is 2.01. The van der Waals surface area contributed by atoms with Gasteiger partial charge in [-0.2, -0.15) is 0 Å². The van der Waals surface area contributed by atoms with Crippen molar-refractivity contribution in [1.82, 2.24) is 0 Å². The Hall–Kier alpha value is -0.820. The van der Waals surface area contributed by atoms with Crippen LogP contribution in [-0.4, -0.2) is 6.04 Å². The first-order valence-electron chi connectivity index (χ1n) is 6.30. The second-order valence-electron chi connectivity index (χ2n) is 5.37. The lowest BCUT2D eigenvalue weighted by molar-refractivity contribution is 0.494. The Bertz CT molecular complexity index is 328. The van der Waals surface area contributed by atoms with E-state index in [0.29, 0.717) is 6.04 Å². The number of nitrogens with two attached hydrogens (primary N) is 1. The first-order valence-corrected chi connectivity index (χ1v) is 6.30. The predicted octanol–water partition coefficient (Wildman–Crippen LogP) is 3.61. The van der Waals surface area contributed by atoms with Crippen LogP contribution in [0.25, 0.3) is 0 Å². The molecule has 0 saturated carbocycles.